The first-order valence-corrected chi connectivity index (χ1v) is 8.95. The van der Waals surface area contributed by atoms with Gasteiger partial charge >= 0.3 is 0 Å². The molecule has 0 aromatic heterocycles. The molecule has 0 bridgehead atoms. The minimum atomic E-state index is -0.0220. The number of piperidine rings is 1. The van der Waals surface area contributed by atoms with Crippen molar-refractivity contribution in [3.63, 3.8) is 0 Å². The third kappa shape index (κ3) is 3.57. The van der Waals surface area contributed by atoms with Crippen molar-refractivity contribution in [2.24, 2.45) is 0 Å². The Morgan fingerprint density at radius 1 is 1.12 bits per heavy atom. The lowest BCUT2D eigenvalue weighted by Gasteiger charge is -2.29. The first-order valence-electron chi connectivity index (χ1n) is 8.57. The van der Waals surface area contributed by atoms with Gasteiger partial charge < -0.3 is 10.6 Å². The molecule has 0 unspecified atom stereocenters. The molecule has 3 nitrogen and oxygen atoms in total. The van der Waals surface area contributed by atoms with Crippen molar-refractivity contribution >= 4 is 28.8 Å². The number of nitrogens with zero attached hydrogens (tertiary/aromatic N) is 1. The van der Waals surface area contributed by atoms with E-state index in [0.29, 0.717) is 16.3 Å². The van der Waals surface area contributed by atoms with Crippen molar-refractivity contribution < 1.29 is 4.79 Å². The topological polar surface area (TPSA) is 46.3 Å². The number of carbonyl (C=O) groups is 1. The van der Waals surface area contributed by atoms with Crippen LogP contribution in [-0.2, 0) is 6.42 Å². The van der Waals surface area contributed by atoms with E-state index in [1.54, 1.807) is 18.2 Å². The van der Waals surface area contributed by atoms with Crippen molar-refractivity contribution in [1.82, 2.24) is 0 Å². The molecule has 1 fully saturated rings. The second kappa shape index (κ2) is 7.27. The summed E-state index contributed by atoms with van der Waals surface area (Å²) in [7, 11) is 0. The standard InChI is InChI=1S/C20H23ClN2O/c1-2-14-12-18(23-8-4-3-5-9-23)6-7-19(14)20(24)15-10-16(21)13-17(22)11-15/h6-7,10-13H,2-5,8-9,22H2,1H3. The average molecular weight is 343 g/mol. The molecule has 1 heterocycles. The van der Waals surface area contributed by atoms with Crippen LogP contribution in [0.5, 0.6) is 0 Å². The van der Waals surface area contributed by atoms with Crippen LogP contribution in [0.3, 0.4) is 0 Å². The highest BCUT2D eigenvalue weighted by Crippen LogP contribution is 2.26. The van der Waals surface area contributed by atoms with Crippen molar-refractivity contribution in [3.05, 3.63) is 58.1 Å². The Morgan fingerprint density at radius 2 is 1.88 bits per heavy atom. The van der Waals surface area contributed by atoms with Crippen LogP contribution in [-0.4, -0.2) is 18.9 Å². The number of nitrogen functional groups attached to an aromatic ring is 1. The quantitative estimate of drug-likeness (QED) is 0.646. The third-order valence-electron chi connectivity index (χ3n) is 4.62. The van der Waals surface area contributed by atoms with Crippen LogP contribution >= 0.6 is 11.6 Å². The van der Waals surface area contributed by atoms with Gasteiger partial charge in [0.15, 0.2) is 5.78 Å². The monoisotopic (exact) mass is 342 g/mol. The van der Waals surface area contributed by atoms with E-state index in [-0.39, 0.29) is 5.78 Å². The van der Waals surface area contributed by atoms with Crippen molar-refractivity contribution in [2.45, 2.75) is 32.6 Å². The summed E-state index contributed by atoms with van der Waals surface area (Å²) >= 11 is 6.04. The molecule has 0 radical (unpaired) electrons. The molecule has 0 spiro atoms. The van der Waals surface area contributed by atoms with Gasteiger partial charge in [-0.2, -0.15) is 0 Å². The van der Waals surface area contributed by atoms with Crippen LogP contribution in [0.25, 0.3) is 0 Å². The number of aryl methyl sites for hydroxylation is 1. The summed E-state index contributed by atoms with van der Waals surface area (Å²) < 4.78 is 0. The van der Waals surface area contributed by atoms with E-state index in [1.165, 1.54) is 24.9 Å². The van der Waals surface area contributed by atoms with Gasteiger partial charge in [0.1, 0.15) is 0 Å². The number of carbonyl (C=O) groups excluding carboxylic acids is 1. The third-order valence-corrected chi connectivity index (χ3v) is 4.84. The molecule has 4 heteroatoms. The summed E-state index contributed by atoms with van der Waals surface area (Å²) in [4.78, 5) is 15.3. The molecule has 24 heavy (non-hydrogen) atoms. The summed E-state index contributed by atoms with van der Waals surface area (Å²) in [5, 5.41) is 0.487. The molecular weight excluding hydrogens is 320 g/mol. The number of hydrogen-bond acceptors (Lipinski definition) is 3. The maximum absolute atomic E-state index is 12.9. The second-order valence-corrected chi connectivity index (χ2v) is 6.78. The smallest absolute Gasteiger partial charge is 0.193 e. The number of benzene rings is 2. The molecule has 1 aliphatic rings. The van der Waals surface area contributed by atoms with E-state index in [9.17, 15) is 4.79 Å². The maximum atomic E-state index is 12.9. The van der Waals surface area contributed by atoms with Crippen molar-refractivity contribution in [1.29, 1.82) is 0 Å². The molecule has 1 aliphatic heterocycles. The van der Waals surface area contributed by atoms with Crippen LogP contribution in [0.15, 0.2) is 36.4 Å². The van der Waals surface area contributed by atoms with E-state index < -0.39 is 0 Å². The number of halogens is 1. The fourth-order valence-corrected chi connectivity index (χ4v) is 3.59. The SMILES string of the molecule is CCc1cc(N2CCCCC2)ccc1C(=O)c1cc(N)cc(Cl)c1. The Hall–Kier alpha value is -2.00. The molecule has 0 aliphatic carbocycles. The second-order valence-electron chi connectivity index (χ2n) is 6.35. The van der Waals surface area contributed by atoms with E-state index in [4.69, 9.17) is 17.3 Å². The molecule has 0 atom stereocenters. The van der Waals surface area contributed by atoms with Gasteiger partial charge in [0.05, 0.1) is 0 Å². The molecule has 3 rings (SSSR count). The summed E-state index contributed by atoms with van der Waals surface area (Å²) in [5.41, 5.74) is 9.90. The minimum Gasteiger partial charge on any atom is -0.399 e. The molecule has 2 N–H and O–H groups in total. The lowest BCUT2D eigenvalue weighted by atomic mass is 9.95. The zero-order valence-corrected chi connectivity index (χ0v) is 14.8. The maximum Gasteiger partial charge on any atom is 0.193 e. The van der Waals surface area contributed by atoms with Gasteiger partial charge in [-0.1, -0.05) is 18.5 Å². The highest BCUT2D eigenvalue weighted by molar-refractivity contribution is 6.31. The first-order chi connectivity index (χ1) is 11.6. The summed E-state index contributed by atoms with van der Waals surface area (Å²) in [6.45, 7) is 4.28. The van der Waals surface area contributed by atoms with Gasteiger partial charge in [0.25, 0.3) is 0 Å². The average Bonchev–Trinajstić information content (AvgIpc) is 2.60. The molecular formula is C20H23ClN2O. The number of ketones is 1. The van der Waals surface area contributed by atoms with Gasteiger partial charge in [-0.25, -0.2) is 0 Å². The Bertz CT molecular complexity index is 731. The number of hydrogen-bond donors (Lipinski definition) is 1. The Kier molecular flexibility index (Phi) is 5.10. The fourth-order valence-electron chi connectivity index (χ4n) is 3.34. The van der Waals surface area contributed by atoms with Gasteiger partial charge in [0.2, 0.25) is 0 Å². The van der Waals surface area contributed by atoms with E-state index in [0.717, 1.165) is 30.6 Å². The largest absolute Gasteiger partial charge is 0.399 e. The van der Waals surface area contributed by atoms with E-state index in [1.807, 2.05) is 6.07 Å². The van der Waals surface area contributed by atoms with Gasteiger partial charge in [0, 0.05) is 40.6 Å². The molecule has 2 aromatic carbocycles. The van der Waals surface area contributed by atoms with Gasteiger partial charge in [-0.15, -0.1) is 0 Å². The normalized spacial score (nSPS) is 14.7. The van der Waals surface area contributed by atoms with Crippen molar-refractivity contribution in [2.75, 3.05) is 23.7 Å². The first kappa shape index (κ1) is 16.8. The number of anilines is 2. The summed E-state index contributed by atoms with van der Waals surface area (Å²) in [6.07, 6.45) is 4.61. The molecule has 2 aromatic rings. The highest BCUT2D eigenvalue weighted by Gasteiger charge is 2.17. The van der Waals surface area contributed by atoms with E-state index >= 15 is 0 Å². The number of nitrogens with two attached hydrogens (primary N) is 1. The van der Waals surface area contributed by atoms with Crippen LogP contribution in [0.4, 0.5) is 11.4 Å². The minimum absolute atomic E-state index is 0.0220. The number of rotatable bonds is 4. The van der Waals surface area contributed by atoms with Crippen LogP contribution in [0.1, 0.15) is 47.7 Å². The zero-order chi connectivity index (χ0) is 17.1. The fraction of sp³-hybridized carbons (Fsp3) is 0.350. The van der Waals surface area contributed by atoms with Crippen molar-refractivity contribution in [3.8, 4) is 0 Å². The van der Waals surface area contributed by atoms with Crippen LogP contribution in [0, 0.1) is 0 Å². The Labute approximate surface area is 148 Å². The lowest BCUT2D eigenvalue weighted by Crippen LogP contribution is -2.29. The summed E-state index contributed by atoms with van der Waals surface area (Å²) in [6, 6.07) is 11.2. The Morgan fingerprint density at radius 3 is 2.54 bits per heavy atom. The molecule has 126 valence electrons. The summed E-state index contributed by atoms with van der Waals surface area (Å²) in [5.74, 6) is -0.0220. The van der Waals surface area contributed by atoms with Crippen LogP contribution < -0.4 is 10.6 Å². The Balaban J connectivity index is 1.93. The van der Waals surface area contributed by atoms with Crippen LogP contribution in [0.2, 0.25) is 5.02 Å². The van der Waals surface area contributed by atoms with Gasteiger partial charge in [-0.05, 0) is 67.6 Å². The van der Waals surface area contributed by atoms with Gasteiger partial charge in [-0.3, -0.25) is 4.79 Å². The molecule has 0 amide bonds. The lowest BCUT2D eigenvalue weighted by molar-refractivity contribution is 0.103. The predicted molar refractivity (Wildman–Crippen MR) is 101 cm³/mol. The highest BCUT2D eigenvalue weighted by atomic mass is 35.5. The predicted octanol–water partition coefficient (Wildman–Crippen LogP) is 4.71. The molecule has 0 saturated carbocycles. The zero-order valence-electron chi connectivity index (χ0n) is 14.0. The van der Waals surface area contributed by atoms with E-state index in [2.05, 4.69) is 24.0 Å². The molecule has 1 saturated heterocycles.